The van der Waals surface area contributed by atoms with Crippen molar-refractivity contribution in [2.45, 2.75) is 31.6 Å². The number of hydrogen-bond donors (Lipinski definition) is 2. The summed E-state index contributed by atoms with van der Waals surface area (Å²) in [6.45, 7) is 4.49. The van der Waals surface area contributed by atoms with Gasteiger partial charge in [0.25, 0.3) is 0 Å². The molecule has 3 N–H and O–H groups in total. The summed E-state index contributed by atoms with van der Waals surface area (Å²) in [5.41, 5.74) is 5.24. The number of nitrogens with two attached hydrogens (primary N) is 1. The molecule has 0 spiro atoms. The second kappa shape index (κ2) is 5.62. The highest BCUT2D eigenvalue weighted by atomic mass is 32.2. The van der Waals surface area contributed by atoms with E-state index in [4.69, 9.17) is 18.0 Å². The van der Waals surface area contributed by atoms with E-state index in [9.17, 15) is 12.8 Å². The Hall–Kier alpha value is -1.05. The highest BCUT2D eigenvalue weighted by molar-refractivity contribution is 7.89. The molecule has 4 nitrogen and oxygen atoms in total. The lowest BCUT2D eigenvalue weighted by atomic mass is 9.93. The lowest BCUT2D eigenvalue weighted by Gasteiger charge is -2.20. The number of rotatable bonds is 6. The van der Waals surface area contributed by atoms with Gasteiger partial charge in [0.05, 0.1) is 10.5 Å². The molecule has 2 rings (SSSR count). The molecule has 1 saturated carbocycles. The van der Waals surface area contributed by atoms with E-state index in [0.29, 0.717) is 12.5 Å². The van der Waals surface area contributed by atoms with E-state index in [1.807, 2.05) is 0 Å². The maximum absolute atomic E-state index is 13.8. The second-order valence-electron chi connectivity index (χ2n) is 5.82. The third-order valence-corrected chi connectivity index (χ3v) is 5.89. The van der Waals surface area contributed by atoms with Crippen LogP contribution in [0.1, 0.15) is 32.3 Å². The number of halogens is 1. The van der Waals surface area contributed by atoms with Crippen LogP contribution in [-0.4, -0.2) is 20.0 Å². The molecule has 1 fully saturated rings. The molecule has 0 aliphatic heterocycles. The minimum Gasteiger partial charge on any atom is -0.389 e. The van der Waals surface area contributed by atoms with Crippen LogP contribution in [0.25, 0.3) is 0 Å². The lowest BCUT2D eigenvalue weighted by molar-refractivity contribution is 0.357. The van der Waals surface area contributed by atoms with Gasteiger partial charge in [-0.25, -0.2) is 17.5 Å². The molecule has 0 heterocycles. The van der Waals surface area contributed by atoms with Crippen LogP contribution in [0.4, 0.5) is 4.39 Å². The van der Waals surface area contributed by atoms with Crippen LogP contribution in [0, 0.1) is 17.2 Å². The zero-order valence-corrected chi connectivity index (χ0v) is 13.7. The zero-order valence-electron chi connectivity index (χ0n) is 12.0. The topological polar surface area (TPSA) is 72.2 Å². The summed E-state index contributed by atoms with van der Waals surface area (Å²) < 4.78 is 41.2. The van der Waals surface area contributed by atoms with Gasteiger partial charge in [0.2, 0.25) is 10.0 Å². The predicted octanol–water partition coefficient (Wildman–Crippen LogP) is 2.17. The maximum Gasteiger partial charge on any atom is 0.241 e. The first-order valence-electron chi connectivity index (χ1n) is 6.77. The van der Waals surface area contributed by atoms with E-state index in [1.54, 1.807) is 0 Å². The molecule has 1 aliphatic rings. The molecule has 21 heavy (non-hydrogen) atoms. The summed E-state index contributed by atoms with van der Waals surface area (Å²) in [4.78, 5) is -0.465. The molecule has 0 atom stereocenters. The summed E-state index contributed by atoms with van der Waals surface area (Å²) >= 11 is 4.76. The molecule has 1 aromatic rings. The van der Waals surface area contributed by atoms with Crippen molar-refractivity contribution in [1.82, 2.24) is 4.72 Å². The van der Waals surface area contributed by atoms with Gasteiger partial charge in [-0.15, -0.1) is 0 Å². The minimum absolute atomic E-state index is 0.0176. The molecule has 0 radical (unpaired) electrons. The predicted molar refractivity (Wildman–Crippen MR) is 84.0 cm³/mol. The van der Waals surface area contributed by atoms with Crippen molar-refractivity contribution in [3.8, 4) is 0 Å². The second-order valence-corrected chi connectivity index (χ2v) is 7.99. The van der Waals surface area contributed by atoms with Crippen LogP contribution in [-0.2, 0) is 10.0 Å². The Morgan fingerprint density at radius 2 is 2.10 bits per heavy atom. The maximum atomic E-state index is 13.8. The molecule has 116 valence electrons. The molecule has 0 amide bonds. The molecule has 0 bridgehead atoms. The van der Waals surface area contributed by atoms with Gasteiger partial charge in [-0.05, 0) is 36.3 Å². The summed E-state index contributed by atoms with van der Waals surface area (Å²) in [6, 6.07) is 3.79. The SMILES string of the molecule is CC(C)C1(CNS(=O)(=O)c2cccc(F)c2C(N)=S)CC1. The van der Waals surface area contributed by atoms with Gasteiger partial charge in [0.15, 0.2) is 0 Å². The fraction of sp³-hybridized carbons (Fsp3) is 0.500. The van der Waals surface area contributed by atoms with Crippen LogP contribution in [0.3, 0.4) is 0 Å². The van der Waals surface area contributed by atoms with Crippen LogP contribution in [0.2, 0.25) is 0 Å². The van der Waals surface area contributed by atoms with Crippen LogP contribution in [0.15, 0.2) is 23.1 Å². The van der Waals surface area contributed by atoms with Gasteiger partial charge < -0.3 is 5.73 Å². The van der Waals surface area contributed by atoms with Gasteiger partial charge in [0.1, 0.15) is 10.8 Å². The van der Waals surface area contributed by atoms with Crippen molar-refractivity contribution >= 4 is 27.2 Å². The monoisotopic (exact) mass is 330 g/mol. The van der Waals surface area contributed by atoms with E-state index in [0.717, 1.165) is 18.9 Å². The van der Waals surface area contributed by atoms with E-state index >= 15 is 0 Å². The third-order valence-electron chi connectivity index (χ3n) is 4.24. The minimum atomic E-state index is -3.84. The van der Waals surface area contributed by atoms with Gasteiger partial charge in [-0.2, -0.15) is 0 Å². The Morgan fingerprint density at radius 1 is 1.48 bits per heavy atom. The van der Waals surface area contributed by atoms with E-state index < -0.39 is 15.8 Å². The number of thiocarbonyl (C=S) groups is 1. The lowest BCUT2D eigenvalue weighted by Crippen LogP contribution is -2.34. The summed E-state index contributed by atoms with van der Waals surface area (Å²) in [5, 5.41) is 0. The van der Waals surface area contributed by atoms with Gasteiger partial charge >= 0.3 is 0 Å². The normalized spacial score (nSPS) is 17.0. The quantitative estimate of drug-likeness (QED) is 0.784. The molecule has 0 saturated heterocycles. The first-order valence-corrected chi connectivity index (χ1v) is 8.67. The Kier molecular flexibility index (Phi) is 4.37. The Morgan fingerprint density at radius 3 is 2.57 bits per heavy atom. The van der Waals surface area contributed by atoms with Crippen LogP contribution < -0.4 is 10.5 Å². The Labute approximate surface area is 130 Å². The van der Waals surface area contributed by atoms with Crippen molar-refractivity contribution in [1.29, 1.82) is 0 Å². The molecular formula is C14H19FN2O2S2. The number of nitrogens with one attached hydrogen (secondary N) is 1. The smallest absolute Gasteiger partial charge is 0.241 e. The number of sulfonamides is 1. The van der Waals surface area contributed by atoms with Gasteiger partial charge in [0, 0.05) is 6.54 Å². The third kappa shape index (κ3) is 3.25. The van der Waals surface area contributed by atoms with Gasteiger partial charge in [-0.3, -0.25) is 0 Å². The fourth-order valence-electron chi connectivity index (χ4n) is 2.40. The van der Waals surface area contributed by atoms with Crippen molar-refractivity contribution in [3.63, 3.8) is 0 Å². The van der Waals surface area contributed by atoms with E-state index in [1.165, 1.54) is 12.1 Å². The number of hydrogen-bond acceptors (Lipinski definition) is 3. The highest BCUT2D eigenvalue weighted by Crippen LogP contribution is 2.51. The summed E-state index contributed by atoms with van der Waals surface area (Å²) in [7, 11) is -3.84. The molecule has 7 heteroatoms. The molecular weight excluding hydrogens is 311 g/mol. The zero-order chi connectivity index (χ0) is 15.8. The molecule has 0 unspecified atom stereocenters. The molecule has 1 aliphatic carbocycles. The summed E-state index contributed by atoms with van der Waals surface area (Å²) in [6.07, 6.45) is 2.00. The molecule has 0 aromatic heterocycles. The van der Waals surface area contributed by atoms with Crippen molar-refractivity contribution in [3.05, 3.63) is 29.6 Å². The van der Waals surface area contributed by atoms with Crippen molar-refractivity contribution in [2.24, 2.45) is 17.1 Å². The van der Waals surface area contributed by atoms with Crippen LogP contribution in [0.5, 0.6) is 0 Å². The fourth-order valence-corrected chi connectivity index (χ4v) is 4.04. The van der Waals surface area contributed by atoms with Crippen LogP contribution >= 0.6 is 12.2 Å². The summed E-state index contributed by atoms with van der Waals surface area (Å²) in [5.74, 6) is -0.335. The van der Waals surface area contributed by atoms with E-state index in [-0.39, 0.29) is 20.9 Å². The Balaban J connectivity index is 2.29. The number of benzene rings is 1. The molecule has 1 aromatic carbocycles. The average Bonchev–Trinajstić information content (AvgIpc) is 3.17. The first kappa shape index (κ1) is 16.3. The van der Waals surface area contributed by atoms with E-state index in [2.05, 4.69) is 18.6 Å². The Bertz CT molecular complexity index is 668. The van der Waals surface area contributed by atoms with Crippen molar-refractivity contribution < 1.29 is 12.8 Å². The van der Waals surface area contributed by atoms with Gasteiger partial charge in [-0.1, -0.05) is 32.1 Å². The first-order chi connectivity index (χ1) is 9.69. The van der Waals surface area contributed by atoms with Crippen molar-refractivity contribution in [2.75, 3.05) is 6.54 Å². The standard InChI is InChI=1S/C14H19FN2O2S2/c1-9(2)14(6-7-14)8-17-21(18,19)11-5-3-4-10(15)12(11)13(16)20/h3-5,9,17H,6-8H2,1-2H3,(H2,16,20). The highest BCUT2D eigenvalue weighted by Gasteiger charge is 2.45. The average molecular weight is 330 g/mol. The largest absolute Gasteiger partial charge is 0.389 e.